The molecule has 0 unspecified atom stereocenters. The molecule has 0 aromatic heterocycles. The Morgan fingerprint density at radius 2 is 1.70 bits per heavy atom. The average molecular weight is 351 g/mol. The molecule has 0 spiro atoms. The fraction of sp³-hybridized carbons (Fsp3) is 0.235. The summed E-state index contributed by atoms with van der Waals surface area (Å²) < 4.78 is 24.6. The van der Waals surface area contributed by atoms with E-state index < -0.39 is 10.0 Å². The second kappa shape index (κ2) is 7.62. The molecular formula is C17H19ClN2O2S. The SMILES string of the molecule is CC(C)C/C(=N/NS(=O)(=O)c1ccc(Cl)cc1)c1ccccc1. The smallest absolute Gasteiger partial charge is 0.200 e. The van der Waals surface area contributed by atoms with Crippen molar-refractivity contribution in [3.63, 3.8) is 0 Å². The summed E-state index contributed by atoms with van der Waals surface area (Å²) in [4.78, 5) is 2.44. The summed E-state index contributed by atoms with van der Waals surface area (Å²) in [5, 5.41) is 4.63. The number of hydrogen-bond acceptors (Lipinski definition) is 3. The molecule has 0 saturated heterocycles. The van der Waals surface area contributed by atoms with Crippen LogP contribution >= 0.6 is 11.6 Å². The van der Waals surface area contributed by atoms with E-state index >= 15 is 0 Å². The quantitative estimate of drug-likeness (QED) is 0.630. The summed E-state index contributed by atoms with van der Waals surface area (Å²) in [6, 6.07) is 15.5. The third-order valence-corrected chi connectivity index (χ3v) is 4.61. The molecule has 23 heavy (non-hydrogen) atoms. The zero-order valence-corrected chi connectivity index (χ0v) is 14.6. The van der Waals surface area contributed by atoms with Gasteiger partial charge in [0.15, 0.2) is 0 Å². The van der Waals surface area contributed by atoms with Crippen molar-refractivity contribution in [2.24, 2.45) is 11.0 Å². The normalized spacial score (nSPS) is 12.4. The highest BCUT2D eigenvalue weighted by Crippen LogP contribution is 2.15. The van der Waals surface area contributed by atoms with Crippen molar-refractivity contribution in [2.75, 3.05) is 0 Å². The summed E-state index contributed by atoms with van der Waals surface area (Å²) in [7, 11) is -3.71. The van der Waals surface area contributed by atoms with Gasteiger partial charge in [-0.15, -0.1) is 0 Å². The Bertz CT molecular complexity index is 770. The number of rotatable bonds is 6. The predicted molar refractivity (Wildman–Crippen MR) is 94.2 cm³/mol. The molecule has 2 aromatic rings. The minimum absolute atomic E-state index is 0.127. The number of benzene rings is 2. The monoisotopic (exact) mass is 350 g/mol. The van der Waals surface area contributed by atoms with Gasteiger partial charge in [-0.05, 0) is 42.2 Å². The van der Waals surface area contributed by atoms with Crippen LogP contribution in [-0.2, 0) is 10.0 Å². The van der Waals surface area contributed by atoms with Gasteiger partial charge in [0.05, 0.1) is 10.6 Å². The topological polar surface area (TPSA) is 58.5 Å². The van der Waals surface area contributed by atoms with Crippen molar-refractivity contribution < 1.29 is 8.42 Å². The minimum Gasteiger partial charge on any atom is -0.200 e. The van der Waals surface area contributed by atoms with Gasteiger partial charge in [0.25, 0.3) is 10.0 Å². The van der Waals surface area contributed by atoms with E-state index in [4.69, 9.17) is 11.6 Å². The van der Waals surface area contributed by atoms with Gasteiger partial charge in [-0.25, -0.2) is 0 Å². The standard InChI is InChI=1S/C17H19ClN2O2S/c1-13(2)12-17(14-6-4-3-5-7-14)19-20-23(21,22)16-10-8-15(18)9-11-16/h3-11,13,20H,12H2,1-2H3/b19-17-. The maximum absolute atomic E-state index is 12.3. The molecule has 2 rings (SSSR count). The summed E-state index contributed by atoms with van der Waals surface area (Å²) >= 11 is 5.78. The van der Waals surface area contributed by atoms with Crippen LogP contribution in [-0.4, -0.2) is 14.1 Å². The van der Waals surface area contributed by atoms with Crippen molar-refractivity contribution in [1.82, 2.24) is 4.83 Å². The molecule has 4 nitrogen and oxygen atoms in total. The maximum atomic E-state index is 12.3. The van der Waals surface area contributed by atoms with Crippen LogP contribution in [0.25, 0.3) is 0 Å². The zero-order valence-electron chi connectivity index (χ0n) is 13.0. The Kier molecular flexibility index (Phi) is 5.80. The van der Waals surface area contributed by atoms with Crippen molar-refractivity contribution >= 4 is 27.3 Å². The fourth-order valence-electron chi connectivity index (χ4n) is 2.03. The molecule has 0 aliphatic carbocycles. The van der Waals surface area contributed by atoms with E-state index in [1.165, 1.54) is 24.3 Å². The molecule has 0 bridgehead atoms. The number of nitrogens with zero attached hydrogens (tertiary/aromatic N) is 1. The number of hydrazone groups is 1. The first-order chi connectivity index (χ1) is 10.9. The summed E-state index contributed by atoms with van der Waals surface area (Å²) in [6.07, 6.45) is 0.674. The maximum Gasteiger partial charge on any atom is 0.276 e. The predicted octanol–water partition coefficient (Wildman–Crippen LogP) is 4.07. The van der Waals surface area contributed by atoms with Gasteiger partial charge in [-0.1, -0.05) is 55.8 Å². The number of hydrogen-bond donors (Lipinski definition) is 1. The van der Waals surface area contributed by atoms with Gasteiger partial charge >= 0.3 is 0 Å². The number of sulfonamides is 1. The molecule has 0 aliphatic rings. The third kappa shape index (κ3) is 5.08. The van der Waals surface area contributed by atoms with Gasteiger partial charge in [-0.3, -0.25) is 0 Å². The van der Waals surface area contributed by atoms with Gasteiger partial charge in [0, 0.05) is 5.02 Å². The molecule has 0 amide bonds. The molecule has 0 atom stereocenters. The first-order valence-electron chi connectivity index (χ1n) is 7.28. The van der Waals surface area contributed by atoms with Crippen LogP contribution < -0.4 is 4.83 Å². The Labute approximate surface area is 142 Å². The molecular weight excluding hydrogens is 332 g/mol. The lowest BCUT2D eigenvalue weighted by atomic mass is 10.0. The average Bonchev–Trinajstić information content (AvgIpc) is 2.52. The number of nitrogens with one attached hydrogen (secondary N) is 1. The highest BCUT2D eigenvalue weighted by atomic mass is 35.5. The molecule has 0 heterocycles. The first kappa shape index (κ1) is 17.5. The molecule has 0 saturated carbocycles. The van der Waals surface area contributed by atoms with Crippen LogP contribution in [0.5, 0.6) is 0 Å². The number of halogens is 1. The molecule has 122 valence electrons. The lowest BCUT2D eigenvalue weighted by Crippen LogP contribution is -2.21. The van der Waals surface area contributed by atoms with E-state index in [1.807, 2.05) is 30.3 Å². The lowest BCUT2D eigenvalue weighted by molar-refractivity contribution is 0.583. The van der Waals surface area contributed by atoms with Crippen LogP contribution in [0.3, 0.4) is 0 Å². The molecule has 0 aliphatic heterocycles. The summed E-state index contributed by atoms with van der Waals surface area (Å²) in [5.74, 6) is 0.356. The van der Waals surface area contributed by atoms with Crippen LogP contribution in [0, 0.1) is 5.92 Å². The molecule has 6 heteroatoms. The summed E-state index contributed by atoms with van der Waals surface area (Å²) in [6.45, 7) is 4.12. The highest BCUT2D eigenvalue weighted by molar-refractivity contribution is 7.89. The van der Waals surface area contributed by atoms with Gasteiger partial charge < -0.3 is 0 Å². The second-order valence-electron chi connectivity index (χ2n) is 5.57. The van der Waals surface area contributed by atoms with E-state index in [0.717, 1.165) is 5.56 Å². The Balaban J connectivity index is 2.27. The van der Waals surface area contributed by atoms with E-state index in [1.54, 1.807) is 0 Å². The van der Waals surface area contributed by atoms with E-state index in [2.05, 4.69) is 23.8 Å². The Hall–Kier alpha value is -1.85. The van der Waals surface area contributed by atoms with Gasteiger partial charge in [0.2, 0.25) is 0 Å². The van der Waals surface area contributed by atoms with Crippen LogP contribution in [0.1, 0.15) is 25.8 Å². The van der Waals surface area contributed by atoms with Crippen LogP contribution in [0.4, 0.5) is 0 Å². The molecule has 0 radical (unpaired) electrons. The van der Waals surface area contributed by atoms with E-state index in [9.17, 15) is 8.42 Å². The fourth-order valence-corrected chi connectivity index (χ4v) is 2.98. The van der Waals surface area contributed by atoms with Crippen molar-refractivity contribution in [3.8, 4) is 0 Å². The molecule has 1 N–H and O–H groups in total. The highest BCUT2D eigenvalue weighted by Gasteiger charge is 2.14. The van der Waals surface area contributed by atoms with Crippen LogP contribution in [0.15, 0.2) is 64.6 Å². The summed E-state index contributed by atoms with van der Waals surface area (Å²) in [5.41, 5.74) is 1.61. The zero-order chi connectivity index (χ0) is 16.9. The largest absolute Gasteiger partial charge is 0.276 e. The molecule has 2 aromatic carbocycles. The van der Waals surface area contributed by atoms with Crippen LogP contribution in [0.2, 0.25) is 5.02 Å². The third-order valence-electron chi connectivity index (χ3n) is 3.13. The lowest BCUT2D eigenvalue weighted by Gasteiger charge is -2.11. The minimum atomic E-state index is -3.71. The van der Waals surface area contributed by atoms with E-state index in [-0.39, 0.29) is 4.90 Å². The van der Waals surface area contributed by atoms with Gasteiger partial charge in [0.1, 0.15) is 0 Å². The molecule has 0 fully saturated rings. The first-order valence-corrected chi connectivity index (χ1v) is 9.14. The second-order valence-corrected chi connectivity index (χ2v) is 7.67. The van der Waals surface area contributed by atoms with Crippen molar-refractivity contribution in [3.05, 3.63) is 65.2 Å². The van der Waals surface area contributed by atoms with Crippen molar-refractivity contribution in [1.29, 1.82) is 0 Å². The Morgan fingerprint density at radius 1 is 1.09 bits per heavy atom. The Morgan fingerprint density at radius 3 is 2.26 bits per heavy atom. The van der Waals surface area contributed by atoms with E-state index in [0.29, 0.717) is 23.1 Å². The van der Waals surface area contributed by atoms with Crippen molar-refractivity contribution in [2.45, 2.75) is 25.2 Å². The van der Waals surface area contributed by atoms with Gasteiger partial charge in [-0.2, -0.15) is 18.4 Å².